The molecule has 0 unspecified atom stereocenters. The molecule has 0 bridgehead atoms. The Bertz CT molecular complexity index is 246. The Morgan fingerprint density at radius 3 is 1.43 bits per heavy atom. The molecule has 0 heterocycles. The van der Waals surface area contributed by atoms with Crippen molar-refractivity contribution < 1.29 is 0 Å². The Balaban J connectivity index is 1.81. The first-order valence-corrected chi connectivity index (χ1v) is 9.75. The molecule has 2 aliphatic rings. The van der Waals surface area contributed by atoms with E-state index in [-0.39, 0.29) is 0 Å². The van der Waals surface area contributed by atoms with Gasteiger partial charge in [0.05, 0.1) is 0 Å². The maximum absolute atomic E-state index is 6.07. The van der Waals surface area contributed by atoms with Crippen LogP contribution in [0.1, 0.15) is 96.3 Å². The third-order valence-electron chi connectivity index (χ3n) is 5.97. The molecule has 21 heavy (non-hydrogen) atoms. The van der Waals surface area contributed by atoms with Gasteiger partial charge in [0.1, 0.15) is 0 Å². The average Bonchev–Trinajstić information content (AvgIpc) is 2.48. The molecule has 124 valence electrons. The van der Waals surface area contributed by atoms with Gasteiger partial charge in [0, 0.05) is 18.1 Å². The summed E-state index contributed by atoms with van der Waals surface area (Å²) in [6.45, 7) is 0. The number of nitrogens with two attached hydrogens (primary N) is 1. The van der Waals surface area contributed by atoms with Crippen LogP contribution in [0.3, 0.4) is 0 Å². The van der Waals surface area contributed by atoms with Gasteiger partial charge in [-0.3, -0.25) is 0 Å². The second kappa shape index (κ2) is 9.84. The summed E-state index contributed by atoms with van der Waals surface area (Å²) >= 11 is 0. The highest BCUT2D eigenvalue weighted by Gasteiger charge is 2.26. The van der Waals surface area contributed by atoms with E-state index < -0.39 is 0 Å². The predicted octanol–water partition coefficient (Wildman–Crippen LogP) is 4.86. The van der Waals surface area contributed by atoms with Gasteiger partial charge in [-0.2, -0.15) is 0 Å². The monoisotopic (exact) mass is 294 g/mol. The molecule has 2 aliphatic carbocycles. The van der Waals surface area contributed by atoms with Gasteiger partial charge in [0.25, 0.3) is 0 Å². The summed E-state index contributed by atoms with van der Waals surface area (Å²) in [5, 5.41) is 0. The van der Waals surface area contributed by atoms with Gasteiger partial charge in [-0.25, -0.2) is 0 Å². The van der Waals surface area contributed by atoms with Crippen LogP contribution < -0.4 is 5.73 Å². The molecule has 0 aliphatic heterocycles. The second-order valence-corrected chi connectivity index (χ2v) is 7.65. The zero-order valence-electron chi connectivity index (χ0n) is 14.4. The van der Waals surface area contributed by atoms with Gasteiger partial charge in [-0.1, -0.05) is 57.8 Å². The van der Waals surface area contributed by atoms with Gasteiger partial charge in [-0.15, -0.1) is 0 Å². The fourth-order valence-corrected chi connectivity index (χ4v) is 4.36. The largest absolute Gasteiger partial charge is 0.328 e. The molecule has 2 nitrogen and oxygen atoms in total. The van der Waals surface area contributed by atoms with Gasteiger partial charge in [-0.05, 0) is 45.6 Å². The molecular formula is C19H38N2. The van der Waals surface area contributed by atoms with Gasteiger partial charge in [0.2, 0.25) is 0 Å². The highest BCUT2D eigenvalue weighted by atomic mass is 15.2. The first-order valence-electron chi connectivity index (χ1n) is 9.75. The molecule has 2 fully saturated rings. The summed E-state index contributed by atoms with van der Waals surface area (Å²) in [4.78, 5) is 2.75. The second-order valence-electron chi connectivity index (χ2n) is 7.65. The first kappa shape index (κ1) is 17.3. The lowest BCUT2D eigenvalue weighted by molar-refractivity contribution is 0.116. The van der Waals surface area contributed by atoms with E-state index in [0.717, 1.165) is 12.1 Å². The Labute approximate surface area is 132 Å². The van der Waals surface area contributed by atoms with E-state index in [1.165, 1.54) is 96.3 Å². The van der Waals surface area contributed by atoms with Crippen molar-refractivity contribution in [3.63, 3.8) is 0 Å². The normalized spacial score (nSPS) is 31.6. The summed E-state index contributed by atoms with van der Waals surface area (Å²) in [6, 6.07) is 2.12. The fraction of sp³-hybridized carbons (Fsp3) is 1.00. The van der Waals surface area contributed by atoms with Crippen molar-refractivity contribution in [2.45, 2.75) is 114 Å². The highest BCUT2D eigenvalue weighted by molar-refractivity contribution is 4.83. The van der Waals surface area contributed by atoms with Crippen LogP contribution in [0.2, 0.25) is 0 Å². The molecule has 0 amide bonds. The molecule has 0 radical (unpaired) electrons. The Morgan fingerprint density at radius 1 is 0.571 bits per heavy atom. The van der Waals surface area contributed by atoms with Crippen molar-refractivity contribution in [3.05, 3.63) is 0 Å². The molecule has 0 aromatic heterocycles. The lowest BCUT2D eigenvalue weighted by Crippen LogP contribution is -2.44. The average molecular weight is 295 g/mol. The Kier molecular flexibility index (Phi) is 8.10. The standard InChI is InChI=1S/C19H38N2/c1-21(19-15-13-17(20)14-16-19)18-11-9-7-5-3-2-4-6-8-10-12-18/h17-19H,2-16,20H2,1H3. The predicted molar refractivity (Wildman–Crippen MR) is 92.6 cm³/mol. The van der Waals surface area contributed by atoms with Crippen LogP contribution in [0.5, 0.6) is 0 Å². The maximum atomic E-state index is 6.07. The lowest BCUT2D eigenvalue weighted by Gasteiger charge is -2.39. The van der Waals surface area contributed by atoms with Crippen molar-refractivity contribution in [1.82, 2.24) is 4.90 Å². The highest BCUT2D eigenvalue weighted by Crippen LogP contribution is 2.27. The number of hydrogen-bond acceptors (Lipinski definition) is 2. The molecule has 0 saturated heterocycles. The summed E-state index contributed by atoms with van der Waals surface area (Å²) < 4.78 is 0. The van der Waals surface area contributed by atoms with E-state index in [2.05, 4.69) is 11.9 Å². The third kappa shape index (κ3) is 6.28. The van der Waals surface area contributed by atoms with Gasteiger partial charge < -0.3 is 10.6 Å². The summed E-state index contributed by atoms with van der Waals surface area (Å²) in [6.07, 6.45) is 21.2. The minimum Gasteiger partial charge on any atom is -0.328 e. The maximum Gasteiger partial charge on any atom is 0.00962 e. The van der Waals surface area contributed by atoms with Crippen LogP contribution >= 0.6 is 0 Å². The zero-order valence-corrected chi connectivity index (χ0v) is 14.4. The number of hydrogen-bond donors (Lipinski definition) is 1. The molecular weight excluding hydrogens is 256 g/mol. The van der Waals surface area contributed by atoms with Crippen molar-refractivity contribution in [2.75, 3.05) is 7.05 Å². The van der Waals surface area contributed by atoms with Crippen molar-refractivity contribution in [2.24, 2.45) is 5.73 Å². The first-order chi connectivity index (χ1) is 10.3. The van der Waals surface area contributed by atoms with Crippen LogP contribution in [0.15, 0.2) is 0 Å². The molecule has 2 N–H and O–H groups in total. The van der Waals surface area contributed by atoms with Gasteiger partial charge in [0.15, 0.2) is 0 Å². The summed E-state index contributed by atoms with van der Waals surface area (Å²) in [7, 11) is 2.40. The van der Waals surface area contributed by atoms with Crippen LogP contribution in [-0.4, -0.2) is 30.1 Å². The molecule has 2 rings (SSSR count). The zero-order chi connectivity index (χ0) is 14.9. The molecule has 0 spiro atoms. The fourth-order valence-electron chi connectivity index (χ4n) is 4.36. The van der Waals surface area contributed by atoms with E-state index in [9.17, 15) is 0 Å². The van der Waals surface area contributed by atoms with Crippen molar-refractivity contribution in [3.8, 4) is 0 Å². The molecule has 2 saturated carbocycles. The van der Waals surface area contributed by atoms with Crippen LogP contribution in [0.25, 0.3) is 0 Å². The van der Waals surface area contributed by atoms with Crippen molar-refractivity contribution >= 4 is 0 Å². The molecule has 2 heteroatoms. The lowest BCUT2D eigenvalue weighted by atomic mass is 9.88. The quantitative estimate of drug-likeness (QED) is 0.788. The van der Waals surface area contributed by atoms with Crippen molar-refractivity contribution in [1.29, 1.82) is 0 Å². The van der Waals surface area contributed by atoms with E-state index in [1.54, 1.807) is 0 Å². The van der Waals surface area contributed by atoms with E-state index in [0.29, 0.717) is 6.04 Å². The van der Waals surface area contributed by atoms with E-state index in [1.807, 2.05) is 0 Å². The number of rotatable bonds is 2. The third-order valence-corrected chi connectivity index (χ3v) is 5.97. The van der Waals surface area contributed by atoms with Gasteiger partial charge >= 0.3 is 0 Å². The Hall–Kier alpha value is -0.0800. The summed E-state index contributed by atoms with van der Waals surface area (Å²) in [5.74, 6) is 0. The number of nitrogens with zero attached hydrogens (tertiary/aromatic N) is 1. The molecule has 0 aromatic carbocycles. The molecule has 0 aromatic rings. The smallest absolute Gasteiger partial charge is 0.00962 e. The van der Waals surface area contributed by atoms with E-state index >= 15 is 0 Å². The minimum atomic E-state index is 0.478. The minimum absolute atomic E-state index is 0.478. The Morgan fingerprint density at radius 2 is 0.952 bits per heavy atom. The summed E-state index contributed by atoms with van der Waals surface area (Å²) in [5.41, 5.74) is 6.07. The van der Waals surface area contributed by atoms with Crippen LogP contribution in [0.4, 0.5) is 0 Å². The topological polar surface area (TPSA) is 29.3 Å². The SMILES string of the molecule is CN(C1CCCCCCCCCCC1)C1CCC(N)CC1. The van der Waals surface area contributed by atoms with E-state index in [4.69, 9.17) is 5.73 Å². The van der Waals surface area contributed by atoms with Crippen LogP contribution in [0, 0.1) is 0 Å². The van der Waals surface area contributed by atoms with Crippen LogP contribution in [-0.2, 0) is 0 Å². The molecule has 0 atom stereocenters.